The number of carbonyl (C=O) groups excluding carboxylic acids is 1. The van der Waals surface area contributed by atoms with E-state index >= 15 is 0 Å². The predicted octanol–water partition coefficient (Wildman–Crippen LogP) is 4.82. The van der Waals surface area contributed by atoms with Crippen LogP contribution in [-0.2, 0) is 11.3 Å². The maximum atomic E-state index is 12.0. The number of hydrogen-bond donors (Lipinski definition) is 1. The largest absolute Gasteiger partial charge is 0.494 e. The van der Waals surface area contributed by atoms with E-state index in [1.54, 1.807) is 7.11 Å². The average Bonchev–Trinajstić information content (AvgIpc) is 2.51. The van der Waals surface area contributed by atoms with Crippen molar-refractivity contribution in [2.24, 2.45) is 0 Å². The maximum Gasteiger partial charge on any atom is 0.412 e. The summed E-state index contributed by atoms with van der Waals surface area (Å²) in [6, 6.07) is 11.5. The quantitative estimate of drug-likeness (QED) is 0.846. The molecule has 0 aliphatic heterocycles. The van der Waals surface area contributed by atoms with Gasteiger partial charge in [-0.05, 0) is 36.6 Å². The number of carbonyl (C=O) groups is 1. The van der Waals surface area contributed by atoms with Crippen LogP contribution >= 0.6 is 15.9 Å². The van der Waals surface area contributed by atoms with Gasteiger partial charge in [0.05, 0.1) is 12.8 Å². The van der Waals surface area contributed by atoms with E-state index in [1.165, 1.54) is 0 Å². The van der Waals surface area contributed by atoms with E-state index in [1.807, 2.05) is 50.2 Å². The number of hydrogen-bond acceptors (Lipinski definition) is 3. The van der Waals surface area contributed by atoms with Gasteiger partial charge in [-0.15, -0.1) is 0 Å². The highest BCUT2D eigenvalue weighted by Gasteiger charge is 2.16. The second kappa shape index (κ2) is 7.31. The fraction of sp³-hybridized carbons (Fsp3) is 0.235. The van der Waals surface area contributed by atoms with Crippen molar-refractivity contribution in [1.82, 2.24) is 0 Å². The molecule has 22 heavy (non-hydrogen) atoms. The number of benzene rings is 2. The molecule has 0 unspecified atom stereocenters. The fourth-order valence-corrected chi connectivity index (χ4v) is 2.67. The molecule has 2 aromatic rings. The van der Waals surface area contributed by atoms with Gasteiger partial charge >= 0.3 is 6.09 Å². The first-order valence-corrected chi connectivity index (χ1v) is 7.63. The van der Waals surface area contributed by atoms with Crippen LogP contribution in [0.3, 0.4) is 0 Å². The van der Waals surface area contributed by atoms with Gasteiger partial charge in [-0.3, -0.25) is 5.32 Å². The zero-order chi connectivity index (χ0) is 16.1. The molecule has 2 rings (SSSR count). The normalized spacial score (nSPS) is 10.2. The Bertz CT molecular complexity index is 671. The number of halogens is 1. The molecule has 2 aromatic carbocycles. The average molecular weight is 364 g/mol. The van der Waals surface area contributed by atoms with Crippen molar-refractivity contribution in [2.45, 2.75) is 20.5 Å². The molecule has 0 heterocycles. The highest BCUT2D eigenvalue weighted by atomic mass is 79.9. The summed E-state index contributed by atoms with van der Waals surface area (Å²) in [5, 5.41) is 2.77. The lowest BCUT2D eigenvalue weighted by molar-refractivity contribution is 0.155. The van der Waals surface area contributed by atoms with Crippen LogP contribution in [0, 0.1) is 13.8 Å². The Morgan fingerprint density at radius 1 is 1.23 bits per heavy atom. The minimum atomic E-state index is -0.511. The van der Waals surface area contributed by atoms with Gasteiger partial charge in [0.25, 0.3) is 0 Å². The van der Waals surface area contributed by atoms with E-state index in [0.717, 1.165) is 21.2 Å². The van der Waals surface area contributed by atoms with Crippen LogP contribution in [0.5, 0.6) is 5.75 Å². The fourth-order valence-electron chi connectivity index (χ4n) is 2.13. The Morgan fingerprint density at radius 3 is 2.55 bits per heavy atom. The summed E-state index contributed by atoms with van der Waals surface area (Å²) in [6.45, 7) is 4.05. The van der Waals surface area contributed by atoms with Gasteiger partial charge in [0.1, 0.15) is 12.4 Å². The molecule has 0 atom stereocenters. The summed E-state index contributed by atoms with van der Waals surface area (Å²) < 4.78 is 11.5. The third-order valence-electron chi connectivity index (χ3n) is 3.31. The number of nitrogens with one attached hydrogen (secondary N) is 1. The van der Waals surface area contributed by atoms with E-state index in [0.29, 0.717) is 11.4 Å². The Balaban J connectivity index is 2.11. The molecule has 0 spiro atoms. The van der Waals surface area contributed by atoms with E-state index in [2.05, 4.69) is 21.2 Å². The summed E-state index contributed by atoms with van der Waals surface area (Å²) in [7, 11) is 1.58. The van der Waals surface area contributed by atoms with Crippen LogP contribution in [0.25, 0.3) is 0 Å². The number of ether oxygens (including phenoxy) is 2. The lowest BCUT2D eigenvalue weighted by atomic mass is 10.1. The highest BCUT2D eigenvalue weighted by Crippen LogP contribution is 2.36. The molecular formula is C17H18BrNO3. The third kappa shape index (κ3) is 3.80. The molecule has 0 bridgehead atoms. The second-order valence-corrected chi connectivity index (χ2v) is 5.75. The van der Waals surface area contributed by atoms with Crippen LogP contribution in [0.15, 0.2) is 40.9 Å². The van der Waals surface area contributed by atoms with Gasteiger partial charge in [0.15, 0.2) is 0 Å². The van der Waals surface area contributed by atoms with Crippen molar-refractivity contribution in [3.8, 4) is 5.75 Å². The number of amides is 1. The smallest absolute Gasteiger partial charge is 0.412 e. The van der Waals surface area contributed by atoms with Crippen molar-refractivity contribution >= 4 is 27.7 Å². The molecule has 0 aromatic heterocycles. The zero-order valence-electron chi connectivity index (χ0n) is 12.8. The topological polar surface area (TPSA) is 47.6 Å². The zero-order valence-corrected chi connectivity index (χ0v) is 14.4. The van der Waals surface area contributed by atoms with Crippen LogP contribution < -0.4 is 10.1 Å². The third-order valence-corrected chi connectivity index (χ3v) is 4.13. The van der Waals surface area contributed by atoms with Crippen molar-refractivity contribution in [3.05, 3.63) is 57.6 Å². The SMILES string of the molecule is COc1c(C)cc(Br)c(C)c1NC(=O)OCc1ccccc1. The lowest BCUT2D eigenvalue weighted by Crippen LogP contribution is -2.15. The Hall–Kier alpha value is -2.01. The standard InChI is InChI=1S/C17H18BrNO3/c1-11-9-14(18)12(2)15(16(11)21-3)19-17(20)22-10-13-7-5-4-6-8-13/h4-9H,10H2,1-3H3,(H,19,20). The highest BCUT2D eigenvalue weighted by molar-refractivity contribution is 9.10. The Kier molecular flexibility index (Phi) is 5.44. The molecule has 0 saturated heterocycles. The molecule has 1 amide bonds. The summed E-state index contributed by atoms with van der Waals surface area (Å²) in [5.41, 5.74) is 3.37. The van der Waals surface area contributed by atoms with Crippen LogP contribution in [0.1, 0.15) is 16.7 Å². The Morgan fingerprint density at radius 2 is 1.91 bits per heavy atom. The van der Waals surface area contributed by atoms with Gasteiger partial charge in [-0.25, -0.2) is 4.79 Å². The summed E-state index contributed by atoms with van der Waals surface area (Å²) >= 11 is 3.48. The van der Waals surface area contributed by atoms with E-state index in [-0.39, 0.29) is 6.61 Å². The van der Waals surface area contributed by atoms with Gasteiger partial charge in [0.2, 0.25) is 0 Å². The molecule has 0 saturated carbocycles. The summed E-state index contributed by atoms with van der Waals surface area (Å²) in [4.78, 5) is 12.0. The number of rotatable bonds is 4. The molecule has 116 valence electrons. The van der Waals surface area contributed by atoms with Gasteiger partial charge < -0.3 is 9.47 Å². The molecule has 0 aliphatic carbocycles. The summed E-state index contributed by atoms with van der Waals surface area (Å²) in [5.74, 6) is 0.636. The minimum Gasteiger partial charge on any atom is -0.494 e. The summed E-state index contributed by atoms with van der Waals surface area (Å²) in [6.07, 6.45) is -0.511. The van der Waals surface area contributed by atoms with Gasteiger partial charge in [0, 0.05) is 4.47 Å². The molecule has 0 fully saturated rings. The monoisotopic (exact) mass is 363 g/mol. The van der Waals surface area contributed by atoms with Crippen molar-refractivity contribution in [1.29, 1.82) is 0 Å². The number of methoxy groups -OCH3 is 1. The van der Waals surface area contributed by atoms with Crippen LogP contribution in [0.4, 0.5) is 10.5 Å². The Labute approximate surface area is 138 Å². The van der Waals surface area contributed by atoms with Crippen LogP contribution in [-0.4, -0.2) is 13.2 Å². The minimum absolute atomic E-state index is 0.223. The first-order valence-electron chi connectivity index (χ1n) is 6.84. The molecule has 0 radical (unpaired) electrons. The first-order chi connectivity index (χ1) is 10.5. The van der Waals surface area contributed by atoms with Gasteiger partial charge in [-0.2, -0.15) is 0 Å². The van der Waals surface area contributed by atoms with E-state index in [4.69, 9.17) is 9.47 Å². The molecule has 5 heteroatoms. The lowest BCUT2D eigenvalue weighted by Gasteiger charge is -2.16. The first kappa shape index (κ1) is 16.4. The van der Waals surface area contributed by atoms with Crippen molar-refractivity contribution < 1.29 is 14.3 Å². The second-order valence-electron chi connectivity index (χ2n) is 4.90. The number of aryl methyl sites for hydroxylation is 1. The van der Waals surface area contributed by atoms with E-state index < -0.39 is 6.09 Å². The molecular weight excluding hydrogens is 346 g/mol. The predicted molar refractivity (Wildman–Crippen MR) is 90.4 cm³/mol. The van der Waals surface area contributed by atoms with Crippen molar-refractivity contribution in [3.63, 3.8) is 0 Å². The van der Waals surface area contributed by atoms with E-state index in [9.17, 15) is 4.79 Å². The van der Waals surface area contributed by atoms with Crippen LogP contribution in [0.2, 0.25) is 0 Å². The number of anilines is 1. The van der Waals surface area contributed by atoms with Gasteiger partial charge in [-0.1, -0.05) is 46.3 Å². The molecule has 1 N–H and O–H groups in total. The van der Waals surface area contributed by atoms with Crippen molar-refractivity contribution in [2.75, 3.05) is 12.4 Å². The molecule has 4 nitrogen and oxygen atoms in total. The molecule has 0 aliphatic rings. The maximum absolute atomic E-state index is 12.0.